The van der Waals surface area contributed by atoms with Gasteiger partial charge in [0.05, 0.1) is 24.9 Å². The number of anilines is 4. The molecule has 39 heavy (non-hydrogen) atoms. The lowest BCUT2D eigenvalue weighted by molar-refractivity contribution is 0.0374. The van der Waals surface area contributed by atoms with Gasteiger partial charge in [0, 0.05) is 29.9 Å². The first-order chi connectivity index (χ1) is 18.8. The summed E-state index contributed by atoms with van der Waals surface area (Å²) in [6.07, 6.45) is 6.65. The minimum absolute atomic E-state index is 0.335. The highest BCUT2D eigenvalue weighted by molar-refractivity contribution is 6.00. The third kappa shape index (κ3) is 5.75. The molecule has 8 nitrogen and oxygen atoms in total. The molecular weight excluding hydrogens is 490 g/mol. The normalized spacial score (nSPS) is 17.1. The van der Waals surface area contributed by atoms with Crippen LogP contribution in [-0.4, -0.2) is 42.4 Å². The molecule has 2 heterocycles. The van der Waals surface area contributed by atoms with Crippen LogP contribution >= 0.6 is 0 Å². The predicted molar refractivity (Wildman–Crippen MR) is 160 cm³/mol. The molecule has 210 valence electrons. The molecule has 1 saturated heterocycles. The molecular formula is C31H43N5O3. The van der Waals surface area contributed by atoms with Crippen molar-refractivity contribution in [1.82, 2.24) is 9.97 Å². The van der Waals surface area contributed by atoms with E-state index in [0.717, 1.165) is 60.8 Å². The second kappa shape index (κ2) is 12.1. The van der Waals surface area contributed by atoms with Gasteiger partial charge in [-0.15, -0.1) is 0 Å². The van der Waals surface area contributed by atoms with Crippen LogP contribution in [-0.2, 0) is 17.6 Å². The fraction of sp³-hybridized carbons (Fsp3) is 0.516. The molecule has 1 aliphatic rings. The average molecular weight is 534 g/mol. The summed E-state index contributed by atoms with van der Waals surface area (Å²) in [4.78, 5) is 24.1. The number of aromatic nitrogens is 2. The van der Waals surface area contributed by atoms with E-state index in [1.807, 2.05) is 19.2 Å². The fourth-order valence-corrected chi connectivity index (χ4v) is 5.66. The second-order valence-corrected chi connectivity index (χ2v) is 10.8. The average Bonchev–Trinajstić information content (AvgIpc) is 3.26. The predicted octanol–water partition coefficient (Wildman–Crippen LogP) is 7.48. The van der Waals surface area contributed by atoms with Crippen molar-refractivity contribution in [3.05, 3.63) is 41.7 Å². The van der Waals surface area contributed by atoms with Crippen LogP contribution in [0.4, 0.5) is 27.7 Å². The summed E-state index contributed by atoms with van der Waals surface area (Å²) in [7, 11) is 3.58. The summed E-state index contributed by atoms with van der Waals surface area (Å²) in [5.41, 5.74) is 5.54. The van der Waals surface area contributed by atoms with Gasteiger partial charge < -0.3 is 20.1 Å². The first kappa shape index (κ1) is 28.5. The van der Waals surface area contributed by atoms with Gasteiger partial charge in [-0.2, -0.15) is 0 Å². The summed E-state index contributed by atoms with van der Waals surface area (Å²) >= 11 is 0. The molecule has 0 saturated carbocycles. The first-order valence-electron chi connectivity index (χ1n) is 14.2. The molecule has 1 amide bonds. The van der Waals surface area contributed by atoms with Gasteiger partial charge in [0.2, 0.25) is 0 Å². The topological polar surface area (TPSA) is 88.6 Å². The molecule has 0 spiro atoms. The number of hydrogen-bond acceptors (Lipinski definition) is 7. The minimum atomic E-state index is -0.495. The zero-order valence-electron chi connectivity index (χ0n) is 24.5. The third-order valence-electron chi connectivity index (χ3n) is 7.72. The number of nitrogens with one attached hydrogen (secondary N) is 2. The molecule has 1 atom stereocenters. The molecule has 1 fully saturated rings. The number of fused-ring (bicyclic) bond motifs is 1. The number of carbonyl (C=O) groups is 1. The molecule has 1 unspecified atom stereocenters. The number of carbonyl (C=O) groups excluding carboxylic acids is 1. The van der Waals surface area contributed by atoms with Crippen LogP contribution in [0.3, 0.4) is 0 Å². The molecule has 0 radical (unpaired) electrons. The molecule has 3 aromatic rings. The lowest BCUT2D eigenvalue weighted by Crippen LogP contribution is -2.35. The number of ether oxygens (including phenoxy) is 2. The number of methoxy groups -OCH3 is 1. The first-order valence-corrected chi connectivity index (χ1v) is 14.2. The quantitative estimate of drug-likeness (QED) is 0.249. The summed E-state index contributed by atoms with van der Waals surface area (Å²) in [6.45, 7) is 11.4. The maximum absolute atomic E-state index is 13.3. The highest BCUT2D eigenvalue weighted by Crippen LogP contribution is 2.42. The monoisotopic (exact) mass is 533 g/mol. The molecule has 2 aromatic carbocycles. The summed E-state index contributed by atoms with van der Waals surface area (Å²) < 4.78 is 11.9. The number of nitrogens with zero attached hydrogens (tertiary/aromatic N) is 3. The van der Waals surface area contributed by atoms with Crippen molar-refractivity contribution in [1.29, 1.82) is 0 Å². The van der Waals surface area contributed by atoms with Gasteiger partial charge in [0.15, 0.2) is 0 Å². The van der Waals surface area contributed by atoms with Crippen LogP contribution < -0.4 is 20.3 Å². The van der Waals surface area contributed by atoms with Gasteiger partial charge in [-0.1, -0.05) is 47.1 Å². The number of aryl methyl sites for hydroxylation is 1. The van der Waals surface area contributed by atoms with Crippen molar-refractivity contribution >= 4 is 39.9 Å². The molecule has 0 bridgehead atoms. The van der Waals surface area contributed by atoms with Gasteiger partial charge in [-0.25, -0.2) is 14.8 Å². The lowest BCUT2D eigenvalue weighted by atomic mass is 9.89. The van der Waals surface area contributed by atoms with E-state index in [0.29, 0.717) is 29.7 Å². The second-order valence-electron chi connectivity index (χ2n) is 10.8. The van der Waals surface area contributed by atoms with Crippen molar-refractivity contribution in [2.24, 2.45) is 5.92 Å². The highest BCUT2D eigenvalue weighted by Gasteiger charge is 2.45. The Balaban J connectivity index is 1.77. The van der Waals surface area contributed by atoms with Crippen LogP contribution in [0.25, 0.3) is 10.9 Å². The van der Waals surface area contributed by atoms with Crippen molar-refractivity contribution in [2.75, 3.05) is 36.2 Å². The van der Waals surface area contributed by atoms with Gasteiger partial charge in [-0.05, 0) is 61.3 Å². The van der Waals surface area contributed by atoms with E-state index in [-0.39, 0.29) is 6.09 Å². The fourth-order valence-electron chi connectivity index (χ4n) is 5.66. The van der Waals surface area contributed by atoms with Gasteiger partial charge >= 0.3 is 6.09 Å². The zero-order chi connectivity index (χ0) is 28.2. The van der Waals surface area contributed by atoms with E-state index in [9.17, 15) is 4.79 Å². The molecule has 4 rings (SSSR count). The van der Waals surface area contributed by atoms with Crippen LogP contribution in [0.15, 0.2) is 30.6 Å². The number of benzene rings is 2. The van der Waals surface area contributed by atoms with Crippen LogP contribution in [0.5, 0.6) is 5.75 Å². The SMILES string of the molecule is CCCC1(CCC(C)C)CN(c2cc3c(Nc4ccc(CC)c(NC)c4CC)ncnc3cc2OC)C(=O)O1. The van der Waals surface area contributed by atoms with Gasteiger partial charge in [-0.3, -0.25) is 4.90 Å². The van der Waals surface area contributed by atoms with E-state index in [2.05, 4.69) is 67.4 Å². The summed E-state index contributed by atoms with van der Waals surface area (Å²) in [5, 5.41) is 7.75. The van der Waals surface area contributed by atoms with Gasteiger partial charge in [0.1, 0.15) is 23.5 Å². The van der Waals surface area contributed by atoms with E-state index in [1.54, 1.807) is 18.3 Å². The lowest BCUT2D eigenvalue weighted by Gasteiger charge is -2.27. The molecule has 8 heteroatoms. The van der Waals surface area contributed by atoms with Crippen LogP contribution in [0, 0.1) is 5.92 Å². The zero-order valence-corrected chi connectivity index (χ0v) is 24.5. The number of cyclic esters (lactones) is 1. The molecule has 1 aromatic heterocycles. The van der Waals surface area contributed by atoms with Crippen LogP contribution in [0.1, 0.15) is 71.4 Å². The number of hydrogen-bond donors (Lipinski definition) is 2. The van der Waals surface area contributed by atoms with E-state index < -0.39 is 5.60 Å². The van der Waals surface area contributed by atoms with Crippen molar-refractivity contribution in [3.8, 4) is 5.75 Å². The Morgan fingerprint density at radius 1 is 1.13 bits per heavy atom. The highest BCUT2D eigenvalue weighted by atomic mass is 16.6. The molecule has 1 aliphatic heterocycles. The minimum Gasteiger partial charge on any atom is -0.494 e. The largest absolute Gasteiger partial charge is 0.494 e. The standard InChI is InChI=1S/C31H43N5O3/c1-8-14-31(15-13-20(4)5)18-36(30(37)39-31)26-16-23-25(17-27(26)38-7)33-19-34-29(23)35-24-12-11-21(9-2)28(32-6)22(24)10-3/h11-12,16-17,19-20,32H,8-10,13-15,18H2,1-7H3,(H,33,34,35). The Labute approximate surface area is 232 Å². The van der Waals surface area contributed by atoms with E-state index in [1.165, 1.54) is 11.1 Å². The number of amides is 1. The van der Waals surface area contributed by atoms with Crippen molar-refractivity contribution in [3.63, 3.8) is 0 Å². The van der Waals surface area contributed by atoms with E-state index in [4.69, 9.17) is 9.47 Å². The van der Waals surface area contributed by atoms with Gasteiger partial charge in [0.25, 0.3) is 0 Å². The summed E-state index contributed by atoms with van der Waals surface area (Å²) in [5.74, 6) is 1.80. The molecule has 2 N–H and O–H groups in total. The third-order valence-corrected chi connectivity index (χ3v) is 7.72. The smallest absolute Gasteiger partial charge is 0.415 e. The molecule has 0 aliphatic carbocycles. The Hall–Kier alpha value is -3.55. The summed E-state index contributed by atoms with van der Waals surface area (Å²) in [6, 6.07) is 8.09. The maximum Gasteiger partial charge on any atom is 0.415 e. The number of rotatable bonds is 12. The Bertz CT molecular complexity index is 1330. The maximum atomic E-state index is 13.3. The Kier molecular flexibility index (Phi) is 8.83. The van der Waals surface area contributed by atoms with E-state index >= 15 is 0 Å². The Morgan fingerprint density at radius 2 is 1.92 bits per heavy atom. The van der Waals surface area contributed by atoms with Crippen molar-refractivity contribution in [2.45, 2.75) is 78.7 Å². The Morgan fingerprint density at radius 3 is 2.56 bits per heavy atom. The van der Waals surface area contributed by atoms with Crippen LogP contribution in [0.2, 0.25) is 0 Å². The van der Waals surface area contributed by atoms with Crippen molar-refractivity contribution < 1.29 is 14.3 Å².